The normalized spacial score (nSPS) is 15.4. The molecule has 1 aliphatic heterocycles. The number of allylic oxidation sites excluding steroid dienone is 2. The Kier molecular flexibility index (Phi) is 3.07. The van der Waals surface area contributed by atoms with Gasteiger partial charge in [0.05, 0.1) is 11.6 Å². The van der Waals surface area contributed by atoms with Crippen LogP contribution in [0.3, 0.4) is 0 Å². The zero-order valence-corrected chi connectivity index (χ0v) is 8.96. The van der Waals surface area contributed by atoms with Crippen LogP contribution in [0.25, 0.3) is 0 Å². The first-order valence-electron chi connectivity index (χ1n) is 4.91. The van der Waals surface area contributed by atoms with E-state index in [9.17, 15) is 4.79 Å². The fourth-order valence-electron chi connectivity index (χ4n) is 1.49. The smallest absolute Gasteiger partial charge is 0.228 e. The quantitative estimate of drug-likeness (QED) is 0.719. The van der Waals surface area contributed by atoms with Crippen LogP contribution in [-0.2, 0) is 4.74 Å². The molecule has 0 N–H and O–H groups in total. The lowest BCUT2D eigenvalue weighted by atomic mass is 10.1. The molecule has 0 spiro atoms. The summed E-state index contributed by atoms with van der Waals surface area (Å²) in [5, 5.41) is 0.470. The lowest BCUT2D eigenvalue weighted by Crippen LogP contribution is -2.11. The maximum Gasteiger partial charge on any atom is 0.228 e. The van der Waals surface area contributed by atoms with E-state index < -0.39 is 0 Å². The molecule has 0 fully saturated rings. The van der Waals surface area contributed by atoms with Crippen LogP contribution < -0.4 is 0 Å². The van der Waals surface area contributed by atoms with Crippen LogP contribution in [0.4, 0.5) is 0 Å². The molecule has 0 radical (unpaired) electrons. The molecule has 0 aromatic heterocycles. The molecular formula is C12H11ClO2. The van der Waals surface area contributed by atoms with E-state index >= 15 is 0 Å². The van der Waals surface area contributed by atoms with Crippen molar-refractivity contribution in [3.63, 3.8) is 0 Å². The standard InChI is InChI=1S/C12H11ClO2/c13-10-6-2-1-5-9(10)12(14)11-7-3-4-8-15-11/h1-2,5-7H,3-4,8H2. The molecule has 0 saturated heterocycles. The van der Waals surface area contributed by atoms with E-state index in [1.54, 1.807) is 24.3 Å². The Hall–Kier alpha value is -1.28. The maximum atomic E-state index is 11.9. The second-order valence-electron chi connectivity index (χ2n) is 3.37. The summed E-state index contributed by atoms with van der Waals surface area (Å²) in [6.45, 7) is 0.613. The average molecular weight is 223 g/mol. The maximum absolute atomic E-state index is 11.9. The number of halogens is 1. The molecule has 0 saturated carbocycles. The van der Waals surface area contributed by atoms with Gasteiger partial charge < -0.3 is 4.74 Å². The first kappa shape index (κ1) is 10.2. The SMILES string of the molecule is O=C(C1=CCCCO1)c1ccccc1Cl. The van der Waals surface area contributed by atoms with E-state index in [-0.39, 0.29) is 5.78 Å². The lowest BCUT2D eigenvalue weighted by Gasteiger charge is -2.14. The topological polar surface area (TPSA) is 26.3 Å². The van der Waals surface area contributed by atoms with Gasteiger partial charge in [-0.25, -0.2) is 0 Å². The Bertz CT molecular complexity index is 410. The van der Waals surface area contributed by atoms with E-state index in [0.29, 0.717) is 23.0 Å². The predicted octanol–water partition coefficient (Wildman–Crippen LogP) is 3.22. The highest BCUT2D eigenvalue weighted by atomic mass is 35.5. The monoisotopic (exact) mass is 222 g/mol. The van der Waals surface area contributed by atoms with Gasteiger partial charge in [0.1, 0.15) is 0 Å². The van der Waals surface area contributed by atoms with Crippen LogP contribution in [0.5, 0.6) is 0 Å². The van der Waals surface area contributed by atoms with Crippen molar-refractivity contribution >= 4 is 17.4 Å². The van der Waals surface area contributed by atoms with E-state index in [1.807, 2.05) is 6.08 Å². The van der Waals surface area contributed by atoms with E-state index in [2.05, 4.69) is 0 Å². The zero-order valence-electron chi connectivity index (χ0n) is 8.20. The third-order valence-electron chi connectivity index (χ3n) is 2.28. The highest BCUT2D eigenvalue weighted by Gasteiger charge is 2.17. The Balaban J connectivity index is 2.28. The molecule has 1 aromatic rings. The summed E-state index contributed by atoms with van der Waals surface area (Å²) >= 11 is 5.93. The predicted molar refractivity (Wildman–Crippen MR) is 59.1 cm³/mol. The number of carbonyl (C=O) groups excluding carboxylic acids is 1. The fraction of sp³-hybridized carbons (Fsp3) is 0.250. The van der Waals surface area contributed by atoms with Crippen LogP contribution in [0, 0.1) is 0 Å². The van der Waals surface area contributed by atoms with Crippen molar-refractivity contribution in [2.45, 2.75) is 12.8 Å². The minimum absolute atomic E-state index is 0.125. The first-order valence-corrected chi connectivity index (χ1v) is 5.29. The Labute approximate surface area is 93.5 Å². The molecule has 1 aromatic carbocycles. The number of hydrogen-bond acceptors (Lipinski definition) is 2. The van der Waals surface area contributed by atoms with Crippen molar-refractivity contribution in [1.29, 1.82) is 0 Å². The van der Waals surface area contributed by atoms with Gasteiger partial charge in [0.2, 0.25) is 5.78 Å². The molecular weight excluding hydrogens is 212 g/mol. The Morgan fingerprint density at radius 2 is 2.13 bits per heavy atom. The van der Waals surface area contributed by atoms with Gasteiger partial charge in [-0.3, -0.25) is 4.79 Å². The van der Waals surface area contributed by atoms with E-state index in [1.165, 1.54) is 0 Å². The minimum atomic E-state index is -0.125. The van der Waals surface area contributed by atoms with Crippen molar-refractivity contribution in [2.24, 2.45) is 0 Å². The number of rotatable bonds is 2. The lowest BCUT2D eigenvalue weighted by molar-refractivity contribution is 0.0899. The molecule has 0 amide bonds. The molecule has 15 heavy (non-hydrogen) atoms. The number of benzene rings is 1. The van der Waals surface area contributed by atoms with Gasteiger partial charge in [0.15, 0.2) is 5.76 Å². The summed E-state index contributed by atoms with van der Waals surface area (Å²) < 4.78 is 5.30. The molecule has 0 aliphatic carbocycles. The number of Topliss-reactive ketones (excluding diaryl/α,β-unsaturated/α-hetero) is 1. The van der Waals surface area contributed by atoms with Gasteiger partial charge in [0, 0.05) is 5.56 Å². The first-order chi connectivity index (χ1) is 7.29. The van der Waals surface area contributed by atoms with Crippen molar-refractivity contribution in [3.05, 3.63) is 46.7 Å². The van der Waals surface area contributed by atoms with Gasteiger partial charge in [-0.15, -0.1) is 0 Å². The number of hydrogen-bond donors (Lipinski definition) is 0. The molecule has 0 unspecified atom stereocenters. The van der Waals surface area contributed by atoms with Gasteiger partial charge in [-0.2, -0.15) is 0 Å². The van der Waals surface area contributed by atoms with Crippen molar-refractivity contribution in [2.75, 3.05) is 6.61 Å². The number of carbonyl (C=O) groups is 1. The Morgan fingerprint density at radius 1 is 1.33 bits per heavy atom. The number of ether oxygens (including phenoxy) is 1. The molecule has 0 bridgehead atoms. The van der Waals surface area contributed by atoms with Crippen molar-refractivity contribution in [3.8, 4) is 0 Å². The van der Waals surface area contributed by atoms with Crippen LogP contribution in [0.2, 0.25) is 5.02 Å². The summed E-state index contributed by atoms with van der Waals surface area (Å²) in [5.41, 5.74) is 0.507. The van der Waals surface area contributed by atoms with Crippen LogP contribution in [0.15, 0.2) is 36.1 Å². The second-order valence-corrected chi connectivity index (χ2v) is 3.78. The van der Waals surface area contributed by atoms with Gasteiger partial charge in [0.25, 0.3) is 0 Å². The summed E-state index contributed by atoms with van der Waals surface area (Å²) in [4.78, 5) is 11.9. The molecule has 78 valence electrons. The molecule has 0 atom stereocenters. The molecule has 2 rings (SSSR count). The summed E-state index contributed by atoms with van der Waals surface area (Å²) in [6, 6.07) is 7.01. The zero-order chi connectivity index (χ0) is 10.7. The molecule has 3 heteroatoms. The van der Waals surface area contributed by atoms with Crippen molar-refractivity contribution in [1.82, 2.24) is 0 Å². The van der Waals surface area contributed by atoms with E-state index in [0.717, 1.165) is 12.8 Å². The number of ketones is 1. The van der Waals surface area contributed by atoms with Crippen molar-refractivity contribution < 1.29 is 9.53 Å². The molecule has 1 heterocycles. The van der Waals surface area contributed by atoms with Crippen LogP contribution >= 0.6 is 11.6 Å². The van der Waals surface area contributed by atoms with E-state index in [4.69, 9.17) is 16.3 Å². The van der Waals surface area contributed by atoms with Crippen LogP contribution in [-0.4, -0.2) is 12.4 Å². The van der Waals surface area contributed by atoms with Gasteiger partial charge in [-0.1, -0.05) is 23.7 Å². The fourth-order valence-corrected chi connectivity index (χ4v) is 1.72. The summed E-state index contributed by atoms with van der Waals surface area (Å²) in [5.74, 6) is 0.301. The molecule has 2 nitrogen and oxygen atoms in total. The minimum Gasteiger partial charge on any atom is -0.490 e. The summed E-state index contributed by atoms with van der Waals surface area (Å²) in [7, 11) is 0. The van der Waals surface area contributed by atoms with Gasteiger partial charge in [-0.05, 0) is 31.1 Å². The van der Waals surface area contributed by atoms with Crippen LogP contribution in [0.1, 0.15) is 23.2 Å². The third-order valence-corrected chi connectivity index (χ3v) is 2.61. The highest BCUT2D eigenvalue weighted by molar-refractivity contribution is 6.34. The third kappa shape index (κ3) is 2.21. The Morgan fingerprint density at radius 3 is 2.80 bits per heavy atom. The largest absolute Gasteiger partial charge is 0.490 e. The summed E-state index contributed by atoms with van der Waals surface area (Å²) in [6.07, 6.45) is 3.69. The second kappa shape index (κ2) is 4.49. The highest BCUT2D eigenvalue weighted by Crippen LogP contribution is 2.21. The molecule has 1 aliphatic rings. The average Bonchev–Trinajstić information content (AvgIpc) is 2.30. The van der Waals surface area contributed by atoms with Gasteiger partial charge >= 0.3 is 0 Å².